The molecule has 5 nitrogen and oxygen atoms in total. The molecule has 0 aromatic heterocycles. The maximum Gasteiger partial charge on any atom is 0.180 e. The summed E-state index contributed by atoms with van der Waals surface area (Å²) in [6.45, 7) is 3.06. The Morgan fingerprint density at radius 1 is 1.48 bits per heavy atom. The molecule has 1 aromatic carbocycles. The van der Waals surface area contributed by atoms with Crippen molar-refractivity contribution in [1.82, 2.24) is 0 Å². The first kappa shape index (κ1) is 16.4. The van der Waals surface area contributed by atoms with E-state index in [2.05, 4.69) is 6.92 Å². The molecule has 1 aromatic rings. The third-order valence-corrected chi connectivity index (χ3v) is 5.00. The summed E-state index contributed by atoms with van der Waals surface area (Å²) >= 11 is 6.07. The van der Waals surface area contributed by atoms with E-state index in [4.69, 9.17) is 26.8 Å². The van der Waals surface area contributed by atoms with Crippen molar-refractivity contribution in [2.24, 2.45) is 11.7 Å². The molecule has 7 heteroatoms. The highest BCUT2D eigenvalue weighted by Crippen LogP contribution is 2.41. The van der Waals surface area contributed by atoms with Crippen LogP contribution < -0.4 is 15.2 Å². The predicted octanol–water partition coefficient (Wildman–Crippen LogP) is 2.26. The lowest BCUT2D eigenvalue weighted by atomic mass is 9.99. The maximum absolute atomic E-state index is 11.7. The number of fused-ring (bicyclic) bond motifs is 1. The zero-order chi connectivity index (χ0) is 15.6. The molecule has 0 aliphatic carbocycles. The highest BCUT2D eigenvalue weighted by Gasteiger charge is 2.27. The van der Waals surface area contributed by atoms with Gasteiger partial charge < -0.3 is 15.2 Å². The Morgan fingerprint density at radius 2 is 2.19 bits per heavy atom. The van der Waals surface area contributed by atoms with E-state index in [-0.39, 0.29) is 16.0 Å². The fourth-order valence-electron chi connectivity index (χ4n) is 2.29. The van der Waals surface area contributed by atoms with Crippen molar-refractivity contribution in [2.75, 3.05) is 19.4 Å². The molecule has 0 radical (unpaired) electrons. The van der Waals surface area contributed by atoms with Crippen LogP contribution in [0.3, 0.4) is 0 Å². The van der Waals surface area contributed by atoms with Crippen LogP contribution in [0.15, 0.2) is 17.0 Å². The first-order valence-electron chi connectivity index (χ1n) is 6.88. The number of ether oxygens (including phenoxy) is 2. The lowest BCUT2D eigenvalue weighted by Crippen LogP contribution is -2.33. The molecular formula is C14H20ClNO4S. The first-order valence-corrected chi connectivity index (χ1v) is 9.15. The fourth-order valence-corrected chi connectivity index (χ4v) is 3.28. The molecule has 1 aliphatic rings. The van der Waals surface area contributed by atoms with Gasteiger partial charge in [0.1, 0.15) is 12.7 Å². The molecule has 0 amide bonds. The largest absolute Gasteiger partial charge is 0.484 e. The van der Waals surface area contributed by atoms with Gasteiger partial charge in [0.2, 0.25) is 0 Å². The smallest absolute Gasteiger partial charge is 0.180 e. The van der Waals surface area contributed by atoms with Crippen LogP contribution in [-0.2, 0) is 9.84 Å². The zero-order valence-corrected chi connectivity index (χ0v) is 13.7. The molecule has 0 fully saturated rings. The van der Waals surface area contributed by atoms with E-state index in [1.807, 2.05) is 0 Å². The molecule has 0 saturated heterocycles. The summed E-state index contributed by atoms with van der Waals surface area (Å²) in [5.41, 5.74) is 5.70. The van der Waals surface area contributed by atoms with Crippen LogP contribution in [0, 0.1) is 5.92 Å². The van der Waals surface area contributed by atoms with Crippen molar-refractivity contribution in [3.05, 3.63) is 17.2 Å². The van der Waals surface area contributed by atoms with Gasteiger partial charge in [0.25, 0.3) is 0 Å². The van der Waals surface area contributed by atoms with Crippen LogP contribution in [-0.4, -0.2) is 33.9 Å². The van der Waals surface area contributed by atoms with Crippen molar-refractivity contribution >= 4 is 21.4 Å². The number of nitrogens with two attached hydrogens (primary N) is 1. The van der Waals surface area contributed by atoms with Gasteiger partial charge in [-0.3, -0.25) is 0 Å². The van der Waals surface area contributed by atoms with E-state index >= 15 is 0 Å². The minimum absolute atomic E-state index is 0.126. The van der Waals surface area contributed by atoms with Crippen LogP contribution >= 0.6 is 11.6 Å². The Kier molecular flexibility index (Phi) is 5.01. The van der Waals surface area contributed by atoms with Crippen LogP contribution in [0.4, 0.5) is 0 Å². The standard InChI is InChI=1S/C14H20ClNO4S/c1-3-9(7-16)4-10-8-19-14-12(15)5-11(21(2,17)18)6-13(14)20-10/h5-6,9-10H,3-4,7-8,16H2,1-2H3/t9?,10-/m0/s1. The summed E-state index contributed by atoms with van der Waals surface area (Å²) in [7, 11) is -3.35. The van der Waals surface area contributed by atoms with Crippen LogP contribution in [0.2, 0.25) is 5.02 Å². The van der Waals surface area contributed by atoms with E-state index in [1.54, 1.807) is 0 Å². The second-order valence-corrected chi connectivity index (χ2v) is 7.72. The van der Waals surface area contributed by atoms with Gasteiger partial charge in [-0.1, -0.05) is 24.9 Å². The highest BCUT2D eigenvalue weighted by atomic mass is 35.5. The minimum atomic E-state index is -3.35. The molecule has 2 N–H and O–H groups in total. The summed E-state index contributed by atoms with van der Waals surface area (Å²) in [6.07, 6.45) is 2.73. The summed E-state index contributed by atoms with van der Waals surface area (Å²) in [4.78, 5) is 0.126. The van der Waals surface area contributed by atoms with Crippen LogP contribution in [0.25, 0.3) is 0 Å². The number of benzene rings is 1. The van der Waals surface area contributed by atoms with Crippen molar-refractivity contribution in [2.45, 2.75) is 30.8 Å². The molecule has 118 valence electrons. The average molecular weight is 334 g/mol. The molecular weight excluding hydrogens is 314 g/mol. The van der Waals surface area contributed by atoms with Crippen LogP contribution in [0.1, 0.15) is 19.8 Å². The van der Waals surface area contributed by atoms with Gasteiger partial charge in [-0.15, -0.1) is 0 Å². The number of hydrogen-bond donors (Lipinski definition) is 1. The second kappa shape index (κ2) is 6.42. The second-order valence-electron chi connectivity index (χ2n) is 5.30. The molecule has 2 atom stereocenters. The SMILES string of the molecule is CCC(CN)C[C@H]1COc2c(Cl)cc(S(C)(=O)=O)cc2O1. The van der Waals surface area contributed by atoms with E-state index in [1.165, 1.54) is 12.1 Å². The Morgan fingerprint density at radius 3 is 2.76 bits per heavy atom. The Bertz CT molecular complexity index is 614. The molecule has 2 rings (SSSR count). The Labute approximate surface area is 130 Å². The average Bonchev–Trinajstić information content (AvgIpc) is 2.43. The van der Waals surface area contributed by atoms with Gasteiger partial charge in [0, 0.05) is 12.3 Å². The van der Waals surface area contributed by atoms with E-state index in [0.717, 1.165) is 19.1 Å². The van der Waals surface area contributed by atoms with Gasteiger partial charge in [0.15, 0.2) is 21.3 Å². The number of rotatable bonds is 5. The molecule has 1 heterocycles. The van der Waals surface area contributed by atoms with Gasteiger partial charge in [-0.05, 0) is 24.9 Å². The van der Waals surface area contributed by atoms with E-state index < -0.39 is 9.84 Å². The third-order valence-electron chi connectivity index (χ3n) is 3.63. The Hall–Kier alpha value is -0.980. The monoisotopic (exact) mass is 333 g/mol. The van der Waals surface area contributed by atoms with E-state index in [9.17, 15) is 8.42 Å². The summed E-state index contributed by atoms with van der Waals surface area (Å²) < 4.78 is 34.8. The van der Waals surface area contributed by atoms with Gasteiger partial charge >= 0.3 is 0 Å². The first-order chi connectivity index (χ1) is 9.85. The molecule has 0 spiro atoms. The van der Waals surface area contributed by atoms with Crippen molar-refractivity contribution in [3.63, 3.8) is 0 Å². The normalized spacial score (nSPS) is 19.3. The van der Waals surface area contributed by atoms with Crippen LogP contribution in [0.5, 0.6) is 11.5 Å². The zero-order valence-electron chi connectivity index (χ0n) is 12.1. The topological polar surface area (TPSA) is 78.6 Å². The highest BCUT2D eigenvalue weighted by molar-refractivity contribution is 7.90. The van der Waals surface area contributed by atoms with Crippen molar-refractivity contribution in [1.29, 1.82) is 0 Å². The van der Waals surface area contributed by atoms with Gasteiger partial charge in [-0.25, -0.2) is 8.42 Å². The minimum Gasteiger partial charge on any atom is -0.484 e. The molecule has 0 saturated carbocycles. The van der Waals surface area contributed by atoms with Crippen molar-refractivity contribution in [3.8, 4) is 11.5 Å². The lowest BCUT2D eigenvalue weighted by Gasteiger charge is -2.29. The lowest BCUT2D eigenvalue weighted by molar-refractivity contribution is 0.0722. The number of halogens is 1. The molecule has 1 unspecified atom stereocenters. The maximum atomic E-state index is 11.7. The van der Waals surface area contributed by atoms with Gasteiger partial charge in [-0.2, -0.15) is 0 Å². The third kappa shape index (κ3) is 3.81. The summed E-state index contributed by atoms with van der Waals surface area (Å²) in [5.74, 6) is 1.14. The van der Waals surface area contributed by atoms with Gasteiger partial charge in [0.05, 0.1) is 9.92 Å². The fraction of sp³-hybridized carbons (Fsp3) is 0.571. The molecule has 21 heavy (non-hydrogen) atoms. The summed E-state index contributed by atoms with van der Waals surface area (Å²) in [6, 6.07) is 2.85. The number of sulfone groups is 1. The molecule has 1 aliphatic heterocycles. The summed E-state index contributed by atoms with van der Waals surface area (Å²) in [5, 5.41) is 0.247. The van der Waals surface area contributed by atoms with Crippen molar-refractivity contribution < 1.29 is 17.9 Å². The van der Waals surface area contributed by atoms with E-state index in [0.29, 0.717) is 30.6 Å². The molecule has 0 bridgehead atoms. The Balaban J connectivity index is 2.25. The number of hydrogen-bond acceptors (Lipinski definition) is 5. The quantitative estimate of drug-likeness (QED) is 0.894. The predicted molar refractivity (Wildman–Crippen MR) is 81.9 cm³/mol.